The Labute approximate surface area is 131 Å². The third kappa shape index (κ3) is 3.45. The molecule has 114 valence electrons. The van der Waals surface area contributed by atoms with Crippen LogP contribution in [0.5, 0.6) is 0 Å². The largest absolute Gasteiger partial charge is 0.327 e. The van der Waals surface area contributed by atoms with Crippen LogP contribution in [0, 0.1) is 18.8 Å². The van der Waals surface area contributed by atoms with Gasteiger partial charge in [0.2, 0.25) is 0 Å². The lowest BCUT2D eigenvalue weighted by Gasteiger charge is -2.32. The first-order valence-corrected chi connectivity index (χ1v) is 8.83. The maximum absolute atomic E-state index is 6.54. The molecule has 1 saturated carbocycles. The third-order valence-electron chi connectivity index (χ3n) is 4.89. The Kier molecular flexibility index (Phi) is 5.67. The highest BCUT2D eigenvalue weighted by atomic mass is 79.9. The molecule has 1 aromatic rings. The molecule has 3 unspecified atom stereocenters. The van der Waals surface area contributed by atoms with Gasteiger partial charge in [-0.15, -0.1) is 0 Å². The first-order chi connectivity index (χ1) is 9.56. The van der Waals surface area contributed by atoms with E-state index in [0.29, 0.717) is 5.92 Å². The molecule has 1 aromatic heterocycles. The van der Waals surface area contributed by atoms with Crippen molar-refractivity contribution in [2.45, 2.75) is 71.9 Å². The Balaban J connectivity index is 2.05. The smallest absolute Gasteiger partial charge is 0.0738 e. The average Bonchev–Trinajstić information content (AvgIpc) is 2.75. The normalized spacial score (nSPS) is 24.9. The predicted molar refractivity (Wildman–Crippen MR) is 87.8 cm³/mol. The molecule has 2 rings (SSSR count). The van der Waals surface area contributed by atoms with Crippen molar-refractivity contribution >= 4 is 15.9 Å². The molecule has 0 saturated heterocycles. The summed E-state index contributed by atoms with van der Waals surface area (Å²) in [5.74, 6) is 1.57. The van der Waals surface area contributed by atoms with E-state index in [1.807, 2.05) is 0 Å². The Bertz CT molecular complexity index is 441. The second-order valence-corrected chi connectivity index (χ2v) is 7.02. The zero-order valence-corrected chi connectivity index (χ0v) is 14.6. The second kappa shape index (κ2) is 7.08. The fourth-order valence-corrected chi connectivity index (χ4v) is 3.99. The van der Waals surface area contributed by atoms with E-state index >= 15 is 0 Å². The van der Waals surface area contributed by atoms with Gasteiger partial charge in [-0.1, -0.05) is 26.2 Å². The van der Waals surface area contributed by atoms with Crippen LogP contribution in [-0.4, -0.2) is 15.8 Å². The Hall–Kier alpha value is -0.350. The molecule has 0 amide bonds. The molecule has 1 aliphatic carbocycles. The van der Waals surface area contributed by atoms with Gasteiger partial charge < -0.3 is 5.73 Å². The van der Waals surface area contributed by atoms with E-state index in [9.17, 15) is 0 Å². The first-order valence-electron chi connectivity index (χ1n) is 8.04. The van der Waals surface area contributed by atoms with Crippen LogP contribution in [0.2, 0.25) is 0 Å². The van der Waals surface area contributed by atoms with Gasteiger partial charge in [0.1, 0.15) is 0 Å². The van der Waals surface area contributed by atoms with Crippen molar-refractivity contribution in [3.8, 4) is 0 Å². The van der Waals surface area contributed by atoms with Crippen LogP contribution in [0.1, 0.15) is 57.3 Å². The van der Waals surface area contributed by atoms with Gasteiger partial charge in [0.25, 0.3) is 0 Å². The minimum atomic E-state index is 0.266. The van der Waals surface area contributed by atoms with Gasteiger partial charge in [-0.25, -0.2) is 0 Å². The first kappa shape index (κ1) is 16.0. The van der Waals surface area contributed by atoms with E-state index < -0.39 is 0 Å². The number of nitrogens with zero attached hydrogens (tertiary/aromatic N) is 2. The monoisotopic (exact) mass is 341 g/mol. The molecule has 3 atom stereocenters. The zero-order valence-electron chi connectivity index (χ0n) is 13.0. The van der Waals surface area contributed by atoms with Gasteiger partial charge in [-0.3, -0.25) is 4.68 Å². The van der Waals surface area contributed by atoms with Crippen molar-refractivity contribution in [3.63, 3.8) is 0 Å². The molecular formula is C16H28BrN3. The van der Waals surface area contributed by atoms with Gasteiger partial charge >= 0.3 is 0 Å². The van der Waals surface area contributed by atoms with Gasteiger partial charge in [-0.2, -0.15) is 5.10 Å². The third-order valence-corrected chi connectivity index (χ3v) is 5.92. The fraction of sp³-hybridized carbons (Fsp3) is 0.812. The van der Waals surface area contributed by atoms with Crippen molar-refractivity contribution in [2.75, 3.05) is 0 Å². The van der Waals surface area contributed by atoms with Gasteiger partial charge in [-0.05, 0) is 54.5 Å². The minimum Gasteiger partial charge on any atom is -0.327 e. The molecule has 20 heavy (non-hydrogen) atoms. The number of aryl methyl sites for hydroxylation is 2. The van der Waals surface area contributed by atoms with Gasteiger partial charge in [0.05, 0.1) is 15.9 Å². The van der Waals surface area contributed by atoms with Crippen molar-refractivity contribution in [1.82, 2.24) is 9.78 Å². The van der Waals surface area contributed by atoms with Crippen molar-refractivity contribution in [2.24, 2.45) is 17.6 Å². The van der Waals surface area contributed by atoms with E-state index in [4.69, 9.17) is 5.73 Å². The summed E-state index contributed by atoms with van der Waals surface area (Å²) in [5, 5.41) is 4.57. The van der Waals surface area contributed by atoms with Crippen LogP contribution in [0.25, 0.3) is 0 Å². The molecule has 1 fully saturated rings. The van der Waals surface area contributed by atoms with E-state index in [1.54, 1.807) is 0 Å². The van der Waals surface area contributed by atoms with Crippen molar-refractivity contribution in [1.29, 1.82) is 0 Å². The molecule has 0 spiro atoms. The Morgan fingerprint density at radius 1 is 1.40 bits per heavy atom. The standard InChI is InChI=1S/C16H28BrN3/c1-4-12-7-6-8-13(9-12)14(18)10-15-16(17)11(3)19-20(15)5-2/h12-14H,4-10,18H2,1-3H3. The highest BCUT2D eigenvalue weighted by Gasteiger charge is 2.27. The molecule has 1 aliphatic rings. The second-order valence-electron chi connectivity index (χ2n) is 6.23. The average molecular weight is 342 g/mol. The lowest BCUT2D eigenvalue weighted by Crippen LogP contribution is -2.36. The summed E-state index contributed by atoms with van der Waals surface area (Å²) in [4.78, 5) is 0. The molecule has 4 heteroatoms. The number of rotatable bonds is 5. The molecule has 0 aromatic carbocycles. The van der Waals surface area contributed by atoms with Crippen LogP contribution < -0.4 is 5.73 Å². The maximum atomic E-state index is 6.54. The number of nitrogens with two attached hydrogens (primary N) is 1. The van der Waals surface area contributed by atoms with Crippen LogP contribution in [0.4, 0.5) is 0 Å². The van der Waals surface area contributed by atoms with Crippen LogP contribution >= 0.6 is 15.9 Å². The van der Waals surface area contributed by atoms with Crippen LogP contribution in [-0.2, 0) is 13.0 Å². The number of hydrogen-bond acceptors (Lipinski definition) is 2. The summed E-state index contributed by atoms with van der Waals surface area (Å²) in [6, 6.07) is 0.266. The highest BCUT2D eigenvalue weighted by molar-refractivity contribution is 9.10. The fourth-order valence-electron chi connectivity index (χ4n) is 3.55. The van der Waals surface area contributed by atoms with Gasteiger partial charge in [0, 0.05) is 19.0 Å². The summed E-state index contributed by atoms with van der Waals surface area (Å²) in [6.45, 7) is 7.42. The topological polar surface area (TPSA) is 43.8 Å². The quantitative estimate of drug-likeness (QED) is 0.877. The Morgan fingerprint density at radius 3 is 2.80 bits per heavy atom. The van der Waals surface area contributed by atoms with Crippen molar-refractivity contribution < 1.29 is 0 Å². The molecule has 1 heterocycles. The van der Waals surface area contributed by atoms with Gasteiger partial charge in [0.15, 0.2) is 0 Å². The van der Waals surface area contributed by atoms with E-state index in [1.165, 1.54) is 37.8 Å². The zero-order chi connectivity index (χ0) is 14.7. The van der Waals surface area contributed by atoms with Crippen LogP contribution in [0.15, 0.2) is 4.47 Å². The molecule has 0 bridgehead atoms. The summed E-state index contributed by atoms with van der Waals surface area (Å²) in [7, 11) is 0. The van der Waals surface area contributed by atoms with Crippen LogP contribution in [0.3, 0.4) is 0 Å². The minimum absolute atomic E-state index is 0.266. The molecule has 2 N–H and O–H groups in total. The van der Waals surface area contributed by atoms with E-state index in [0.717, 1.165) is 29.1 Å². The summed E-state index contributed by atoms with van der Waals surface area (Å²) >= 11 is 3.68. The molecular weight excluding hydrogens is 314 g/mol. The molecule has 0 radical (unpaired) electrons. The summed E-state index contributed by atoms with van der Waals surface area (Å²) < 4.78 is 3.25. The van der Waals surface area contributed by atoms with E-state index in [-0.39, 0.29) is 6.04 Å². The molecule has 0 aliphatic heterocycles. The van der Waals surface area contributed by atoms with Crippen molar-refractivity contribution in [3.05, 3.63) is 15.9 Å². The molecule has 3 nitrogen and oxygen atoms in total. The summed E-state index contributed by atoms with van der Waals surface area (Å²) in [5.41, 5.74) is 8.88. The number of aromatic nitrogens is 2. The lowest BCUT2D eigenvalue weighted by molar-refractivity contribution is 0.227. The maximum Gasteiger partial charge on any atom is 0.0738 e. The highest BCUT2D eigenvalue weighted by Crippen LogP contribution is 2.34. The number of hydrogen-bond donors (Lipinski definition) is 1. The number of halogens is 1. The predicted octanol–water partition coefficient (Wildman–Crippen LogP) is 4.06. The summed E-state index contributed by atoms with van der Waals surface area (Å²) in [6.07, 6.45) is 7.61. The van der Waals surface area contributed by atoms with E-state index in [2.05, 4.69) is 46.5 Å². The lowest BCUT2D eigenvalue weighted by atomic mass is 9.76. The Morgan fingerprint density at radius 2 is 2.15 bits per heavy atom. The SMILES string of the molecule is CCC1CCCC(C(N)Cc2c(Br)c(C)nn2CC)C1.